The number of nitrogens with one attached hydrogen (secondary N) is 1. The molecular weight excluding hydrogens is 346 g/mol. The largest absolute Gasteiger partial charge is 0.545 e. The Labute approximate surface area is 134 Å². The van der Waals surface area contributed by atoms with Crippen molar-refractivity contribution >= 4 is 49.9 Å². The molecule has 2 aromatic carbocycles. The van der Waals surface area contributed by atoms with Gasteiger partial charge in [-0.15, -0.1) is 0 Å². The van der Waals surface area contributed by atoms with Gasteiger partial charge in [0.05, 0.1) is 17.2 Å². The van der Waals surface area contributed by atoms with E-state index >= 15 is 0 Å². The number of aromatic nitrogens is 1. The molecule has 1 heterocycles. The molecule has 0 fully saturated rings. The third kappa shape index (κ3) is 2.73. The van der Waals surface area contributed by atoms with Gasteiger partial charge >= 0.3 is 0 Å². The first-order chi connectivity index (χ1) is 10.5. The standard InChI is InChI=1S/C16H12BrN3O2/c17-9-1-6-14-12(7-9)15(13(8-19-14)16(21)22)20-11-4-2-10(18)3-5-11/h1-8H,18H2,(H,19,20)(H,21,22)/p-1. The van der Waals surface area contributed by atoms with Crippen LogP contribution in [0.1, 0.15) is 10.4 Å². The maximum Gasteiger partial charge on any atom is 0.0752 e. The molecule has 1 aromatic heterocycles. The zero-order chi connectivity index (χ0) is 15.7. The third-order valence-electron chi connectivity index (χ3n) is 3.23. The number of fused-ring (bicyclic) bond motifs is 1. The summed E-state index contributed by atoms with van der Waals surface area (Å²) in [4.78, 5) is 15.5. The number of nitrogens with two attached hydrogens (primary N) is 1. The summed E-state index contributed by atoms with van der Waals surface area (Å²) in [6.45, 7) is 0. The Morgan fingerprint density at radius 2 is 1.91 bits per heavy atom. The lowest BCUT2D eigenvalue weighted by molar-refractivity contribution is -0.254. The number of hydrogen-bond acceptors (Lipinski definition) is 5. The number of carboxylic acids is 1. The molecule has 0 radical (unpaired) electrons. The van der Waals surface area contributed by atoms with E-state index in [9.17, 15) is 9.90 Å². The van der Waals surface area contributed by atoms with Crippen molar-refractivity contribution in [3.63, 3.8) is 0 Å². The molecule has 0 atom stereocenters. The number of carbonyl (C=O) groups is 1. The third-order valence-corrected chi connectivity index (χ3v) is 3.72. The molecule has 5 nitrogen and oxygen atoms in total. The Bertz CT molecular complexity index is 863. The van der Waals surface area contributed by atoms with E-state index in [4.69, 9.17) is 5.73 Å². The fourth-order valence-corrected chi connectivity index (χ4v) is 2.53. The number of nitrogen functional groups attached to an aromatic ring is 1. The van der Waals surface area contributed by atoms with Gasteiger partial charge in [0.15, 0.2) is 0 Å². The number of hydrogen-bond donors (Lipinski definition) is 2. The highest BCUT2D eigenvalue weighted by Gasteiger charge is 2.11. The second kappa shape index (κ2) is 5.65. The number of nitrogens with zero attached hydrogens (tertiary/aromatic N) is 1. The van der Waals surface area contributed by atoms with Crippen LogP contribution in [0, 0.1) is 0 Å². The Kier molecular flexibility index (Phi) is 3.68. The number of anilines is 3. The average molecular weight is 357 g/mol. The topological polar surface area (TPSA) is 91.1 Å². The van der Waals surface area contributed by atoms with Crippen molar-refractivity contribution in [2.45, 2.75) is 0 Å². The van der Waals surface area contributed by atoms with Gasteiger partial charge in [0.2, 0.25) is 0 Å². The van der Waals surface area contributed by atoms with E-state index in [1.165, 1.54) is 6.20 Å². The molecule has 0 bridgehead atoms. The number of benzene rings is 2. The van der Waals surface area contributed by atoms with Crippen molar-refractivity contribution in [2.75, 3.05) is 11.1 Å². The quantitative estimate of drug-likeness (QED) is 0.704. The molecule has 22 heavy (non-hydrogen) atoms. The predicted octanol–water partition coefficient (Wildman–Crippen LogP) is 2.69. The van der Waals surface area contributed by atoms with Crippen molar-refractivity contribution in [1.82, 2.24) is 4.98 Å². The average Bonchev–Trinajstić information content (AvgIpc) is 2.49. The summed E-state index contributed by atoms with van der Waals surface area (Å²) in [5.74, 6) is -1.28. The van der Waals surface area contributed by atoms with E-state index in [2.05, 4.69) is 26.2 Å². The van der Waals surface area contributed by atoms with E-state index < -0.39 is 5.97 Å². The van der Waals surface area contributed by atoms with Crippen LogP contribution in [0.25, 0.3) is 10.9 Å². The van der Waals surface area contributed by atoms with E-state index in [0.29, 0.717) is 22.3 Å². The SMILES string of the molecule is Nc1ccc(Nc2c(C(=O)[O-])cnc3ccc(Br)cc23)cc1. The smallest absolute Gasteiger partial charge is 0.0752 e. The highest BCUT2D eigenvalue weighted by molar-refractivity contribution is 9.10. The maximum absolute atomic E-state index is 11.4. The number of carbonyl (C=O) groups excluding carboxylic acids is 1. The monoisotopic (exact) mass is 356 g/mol. The van der Waals surface area contributed by atoms with Crippen LogP contribution >= 0.6 is 15.9 Å². The highest BCUT2D eigenvalue weighted by Crippen LogP contribution is 2.31. The van der Waals surface area contributed by atoms with Crippen molar-refractivity contribution in [3.8, 4) is 0 Å². The van der Waals surface area contributed by atoms with Gasteiger partial charge in [0.1, 0.15) is 0 Å². The minimum atomic E-state index is -1.28. The Morgan fingerprint density at radius 3 is 2.59 bits per heavy atom. The van der Waals surface area contributed by atoms with Crippen LogP contribution in [0.4, 0.5) is 17.1 Å². The molecule has 0 aliphatic carbocycles. The van der Waals surface area contributed by atoms with Gasteiger partial charge in [-0.05, 0) is 42.5 Å². The minimum absolute atomic E-state index is 0.00225. The van der Waals surface area contributed by atoms with E-state index in [1.54, 1.807) is 24.3 Å². The Morgan fingerprint density at radius 1 is 1.18 bits per heavy atom. The van der Waals surface area contributed by atoms with Crippen LogP contribution in [0.3, 0.4) is 0 Å². The van der Waals surface area contributed by atoms with Gasteiger partial charge in [0.25, 0.3) is 0 Å². The van der Waals surface area contributed by atoms with Gasteiger partial charge in [-0.2, -0.15) is 0 Å². The maximum atomic E-state index is 11.4. The van der Waals surface area contributed by atoms with Crippen LogP contribution in [-0.2, 0) is 0 Å². The number of rotatable bonds is 3. The summed E-state index contributed by atoms with van der Waals surface area (Å²) in [7, 11) is 0. The molecule has 0 saturated carbocycles. The fraction of sp³-hybridized carbons (Fsp3) is 0. The van der Waals surface area contributed by atoms with Crippen LogP contribution in [0.2, 0.25) is 0 Å². The molecule has 0 saturated heterocycles. The lowest BCUT2D eigenvalue weighted by Gasteiger charge is -2.15. The summed E-state index contributed by atoms with van der Waals surface area (Å²) in [5.41, 5.74) is 8.15. The molecule has 3 rings (SSSR count). The second-order valence-electron chi connectivity index (χ2n) is 4.74. The normalized spacial score (nSPS) is 10.6. The van der Waals surface area contributed by atoms with Gasteiger partial charge < -0.3 is 21.0 Å². The molecule has 0 unspecified atom stereocenters. The zero-order valence-corrected chi connectivity index (χ0v) is 12.9. The molecule has 0 aliphatic heterocycles. The summed E-state index contributed by atoms with van der Waals surface area (Å²) in [5, 5.41) is 15.2. The molecule has 0 spiro atoms. The van der Waals surface area contributed by atoms with E-state index in [1.807, 2.05) is 18.2 Å². The van der Waals surface area contributed by atoms with Gasteiger partial charge in [0, 0.05) is 33.0 Å². The number of pyridine rings is 1. The summed E-state index contributed by atoms with van der Waals surface area (Å²) >= 11 is 3.39. The summed E-state index contributed by atoms with van der Waals surface area (Å²) in [6, 6.07) is 12.5. The molecule has 6 heteroatoms. The van der Waals surface area contributed by atoms with Crippen LogP contribution in [0.5, 0.6) is 0 Å². The lowest BCUT2D eigenvalue weighted by atomic mass is 10.1. The molecule has 3 N–H and O–H groups in total. The Balaban J connectivity index is 2.19. The fourth-order valence-electron chi connectivity index (χ4n) is 2.17. The van der Waals surface area contributed by atoms with Crippen LogP contribution < -0.4 is 16.2 Å². The van der Waals surface area contributed by atoms with Crippen molar-refractivity contribution in [1.29, 1.82) is 0 Å². The number of aromatic carboxylic acids is 1. The van der Waals surface area contributed by atoms with Crippen molar-refractivity contribution in [2.24, 2.45) is 0 Å². The first-order valence-corrected chi connectivity index (χ1v) is 7.26. The molecule has 3 aromatic rings. The lowest BCUT2D eigenvalue weighted by Crippen LogP contribution is -2.23. The van der Waals surface area contributed by atoms with Crippen LogP contribution in [-0.4, -0.2) is 11.0 Å². The highest BCUT2D eigenvalue weighted by atomic mass is 79.9. The molecule has 110 valence electrons. The number of carboxylic acid groups (broad SMARTS) is 1. The Hall–Kier alpha value is -2.60. The molecule has 0 amide bonds. The number of halogens is 1. The predicted molar refractivity (Wildman–Crippen MR) is 87.9 cm³/mol. The van der Waals surface area contributed by atoms with E-state index in [-0.39, 0.29) is 5.56 Å². The van der Waals surface area contributed by atoms with Crippen LogP contribution in [0.15, 0.2) is 53.1 Å². The summed E-state index contributed by atoms with van der Waals surface area (Å²) < 4.78 is 0.831. The zero-order valence-electron chi connectivity index (χ0n) is 11.3. The molecular formula is C16H11BrN3O2-. The first-order valence-electron chi connectivity index (χ1n) is 6.47. The van der Waals surface area contributed by atoms with E-state index in [0.717, 1.165) is 10.2 Å². The second-order valence-corrected chi connectivity index (χ2v) is 5.66. The van der Waals surface area contributed by atoms with Crippen molar-refractivity contribution in [3.05, 3.63) is 58.7 Å². The van der Waals surface area contributed by atoms with Gasteiger partial charge in [-0.1, -0.05) is 15.9 Å². The van der Waals surface area contributed by atoms with Gasteiger partial charge in [-0.25, -0.2) is 0 Å². The molecule has 0 aliphatic rings. The van der Waals surface area contributed by atoms with Gasteiger partial charge in [-0.3, -0.25) is 4.98 Å². The minimum Gasteiger partial charge on any atom is -0.545 e. The summed E-state index contributed by atoms with van der Waals surface area (Å²) in [6.07, 6.45) is 1.30. The first kappa shape index (κ1) is 14.3. The van der Waals surface area contributed by atoms with Crippen molar-refractivity contribution < 1.29 is 9.90 Å².